The molecular weight excluding hydrogens is 907 g/mol. The first-order valence-corrected chi connectivity index (χ1v) is 25.7. The molecule has 1 aromatic heterocycles. The molecule has 0 spiro atoms. The Morgan fingerprint density at radius 1 is 0.213 bits per heavy atom. The number of fused-ring (bicyclic) bond motifs is 3. The zero-order chi connectivity index (χ0) is 49.9. The van der Waals surface area contributed by atoms with E-state index >= 15 is 0 Å². The molecule has 1 heterocycles. The van der Waals surface area contributed by atoms with Crippen molar-refractivity contribution in [2.45, 2.75) is 0 Å². The van der Waals surface area contributed by atoms with Crippen molar-refractivity contribution in [1.82, 2.24) is 4.57 Å². The first-order valence-electron chi connectivity index (χ1n) is 25.7. The molecule has 0 aliphatic heterocycles. The Morgan fingerprint density at radius 3 is 1.03 bits per heavy atom. The normalized spacial score (nSPS) is 11.2. The van der Waals surface area contributed by atoms with Gasteiger partial charge in [0.05, 0.1) is 11.2 Å². The highest BCUT2D eigenvalue weighted by molar-refractivity contribution is 6.18. The molecule has 3 nitrogen and oxygen atoms in total. The van der Waals surface area contributed by atoms with Gasteiger partial charge in [-0.15, -0.1) is 0 Å². The van der Waals surface area contributed by atoms with Crippen LogP contribution in [0.2, 0.25) is 0 Å². The molecule has 0 aliphatic carbocycles. The zero-order valence-corrected chi connectivity index (χ0v) is 41.3. The minimum Gasteiger partial charge on any atom is -0.311 e. The lowest BCUT2D eigenvalue weighted by molar-refractivity contribution is 1.14. The molecule has 0 N–H and O–H groups in total. The molecule has 13 rings (SSSR count). The Morgan fingerprint density at radius 2 is 0.560 bits per heavy atom. The van der Waals surface area contributed by atoms with E-state index in [0.29, 0.717) is 0 Å². The van der Waals surface area contributed by atoms with Crippen molar-refractivity contribution in [3.8, 4) is 61.5 Å². The molecule has 0 saturated heterocycles. The van der Waals surface area contributed by atoms with Crippen molar-refractivity contribution in [3.05, 3.63) is 309 Å². The Balaban J connectivity index is 0.940. The van der Waals surface area contributed by atoms with Gasteiger partial charge in [-0.3, -0.25) is 0 Å². The van der Waals surface area contributed by atoms with E-state index in [9.17, 15) is 0 Å². The van der Waals surface area contributed by atoms with Crippen LogP contribution in [-0.2, 0) is 0 Å². The van der Waals surface area contributed by atoms with Crippen LogP contribution < -0.4 is 9.80 Å². The van der Waals surface area contributed by atoms with Crippen LogP contribution in [0.5, 0.6) is 0 Å². The van der Waals surface area contributed by atoms with E-state index in [2.05, 4.69) is 324 Å². The number of anilines is 6. The van der Waals surface area contributed by atoms with Gasteiger partial charge in [0.25, 0.3) is 0 Å². The molecule has 0 aliphatic rings. The van der Waals surface area contributed by atoms with E-state index in [0.717, 1.165) is 50.9 Å². The summed E-state index contributed by atoms with van der Waals surface area (Å²) >= 11 is 0. The average Bonchev–Trinajstić information content (AvgIpc) is 3.86. The molecule has 0 saturated carbocycles. The van der Waals surface area contributed by atoms with Crippen molar-refractivity contribution in [1.29, 1.82) is 0 Å². The minimum absolute atomic E-state index is 1.06. The summed E-state index contributed by atoms with van der Waals surface area (Å²) in [6, 6.07) is 112. The molecule has 0 atom stereocenters. The van der Waals surface area contributed by atoms with Gasteiger partial charge in [0.15, 0.2) is 0 Å². The van der Waals surface area contributed by atoms with E-state index in [1.807, 2.05) is 0 Å². The summed E-state index contributed by atoms with van der Waals surface area (Å²) in [7, 11) is 0. The summed E-state index contributed by atoms with van der Waals surface area (Å²) in [6.07, 6.45) is 0. The average molecular weight is 958 g/mol. The zero-order valence-electron chi connectivity index (χ0n) is 41.3. The summed E-state index contributed by atoms with van der Waals surface area (Å²) in [4.78, 5) is 4.66. The third-order valence-corrected chi connectivity index (χ3v) is 14.4. The predicted octanol–water partition coefficient (Wildman–Crippen LogP) is 20.1. The number of hydrogen-bond donors (Lipinski definition) is 0. The summed E-state index contributed by atoms with van der Waals surface area (Å²) in [5.74, 6) is 0. The maximum atomic E-state index is 2.50. The minimum atomic E-state index is 1.06. The summed E-state index contributed by atoms with van der Waals surface area (Å²) in [6.45, 7) is 0. The maximum absolute atomic E-state index is 2.50. The smallest absolute Gasteiger partial charge is 0.0620 e. The number of rotatable bonds is 12. The van der Waals surface area contributed by atoms with E-state index in [1.54, 1.807) is 0 Å². The Hall–Kier alpha value is -9.96. The summed E-state index contributed by atoms with van der Waals surface area (Å²) < 4.78 is 2.50. The number of para-hydroxylation sites is 2. The van der Waals surface area contributed by atoms with Crippen molar-refractivity contribution < 1.29 is 0 Å². The standard InChI is InChI=1S/C72H51N3/c1-7-20-52(21-8-1)54-34-40-61(41-35-54)74(64-48-46-63(47-49-64)73(59-28-15-5-16-29-59)60-30-17-6-18-31-60)62-44-38-56(39-45-62)66-32-19-33-68-67(66)50-51-69-70(57-24-11-3-12-25-57)71(58-26-13-4-14-27-58)75(72(68)69)65-42-36-55(37-43-65)53-22-9-2-10-23-53/h1-51H. The third kappa shape index (κ3) is 8.63. The second kappa shape index (κ2) is 19.9. The van der Waals surface area contributed by atoms with Gasteiger partial charge in [-0.05, 0) is 135 Å². The van der Waals surface area contributed by atoms with Crippen LogP contribution in [0.4, 0.5) is 34.1 Å². The van der Waals surface area contributed by atoms with E-state index in [4.69, 9.17) is 0 Å². The fourth-order valence-electron chi connectivity index (χ4n) is 10.9. The second-order valence-electron chi connectivity index (χ2n) is 18.9. The van der Waals surface area contributed by atoms with Crippen LogP contribution in [0.1, 0.15) is 0 Å². The molecule has 0 unspecified atom stereocenters. The van der Waals surface area contributed by atoms with Crippen molar-refractivity contribution in [2.24, 2.45) is 0 Å². The lowest BCUT2D eigenvalue weighted by Crippen LogP contribution is -2.12. The van der Waals surface area contributed by atoms with Gasteiger partial charge in [0.1, 0.15) is 0 Å². The van der Waals surface area contributed by atoms with Crippen LogP contribution in [0.15, 0.2) is 309 Å². The fraction of sp³-hybridized carbons (Fsp3) is 0. The first kappa shape index (κ1) is 44.9. The SMILES string of the molecule is c1ccc(-c2ccc(N(c3ccc(-c4cccc5c4ccc4c(-c6ccccc6)c(-c6ccccc6)n(-c6ccc(-c7ccccc7)cc6)c45)cc3)c3ccc(N(c4ccccc4)c4ccccc4)cc3)cc2)cc1. The van der Waals surface area contributed by atoms with Gasteiger partial charge in [-0.1, -0.05) is 224 Å². The second-order valence-corrected chi connectivity index (χ2v) is 18.9. The van der Waals surface area contributed by atoms with Gasteiger partial charge in [-0.2, -0.15) is 0 Å². The van der Waals surface area contributed by atoms with Crippen LogP contribution in [0, 0.1) is 0 Å². The Bertz CT molecular complexity index is 3990. The molecular formula is C72H51N3. The molecule has 0 bridgehead atoms. The summed E-state index contributed by atoms with van der Waals surface area (Å²) in [5.41, 5.74) is 20.6. The van der Waals surface area contributed by atoms with Crippen LogP contribution in [0.25, 0.3) is 83.1 Å². The van der Waals surface area contributed by atoms with Crippen molar-refractivity contribution >= 4 is 55.8 Å². The third-order valence-electron chi connectivity index (χ3n) is 14.4. The van der Waals surface area contributed by atoms with Crippen LogP contribution >= 0.6 is 0 Å². The Kier molecular flexibility index (Phi) is 11.9. The fourth-order valence-corrected chi connectivity index (χ4v) is 10.9. The molecule has 0 fully saturated rings. The number of nitrogens with zero attached hydrogens (tertiary/aromatic N) is 3. The Labute approximate surface area is 438 Å². The predicted molar refractivity (Wildman–Crippen MR) is 317 cm³/mol. The summed E-state index contributed by atoms with van der Waals surface area (Å²) in [5, 5.41) is 3.60. The molecule has 0 amide bonds. The topological polar surface area (TPSA) is 11.4 Å². The molecule has 0 radical (unpaired) electrons. The highest BCUT2D eigenvalue weighted by Crippen LogP contribution is 2.47. The van der Waals surface area contributed by atoms with Gasteiger partial charge in [0.2, 0.25) is 0 Å². The highest BCUT2D eigenvalue weighted by atomic mass is 15.2. The number of benzene rings is 12. The van der Waals surface area contributed by atoms with Crippen molar-refractivity contribution in [2.75, 3.05) is 9.80 Å². The molecule has 75 heavy (non-hydrogen) atoms. The first-order chi connectivity index (χ1) is 37.2. The van der Waals surface area contributed by atoms with Crippen molar-refractivity contribution in [3.63, 3.8) is 0 Å². The maximum Gasteiger partial charge on any atom is 0.0620 e. The van der Waals surface area contributed by atoms with Crippen LogP contribution in [0.3, 0.4) is 0 Å². The molecule has 13 aromatic rings. The monoisotopic (exact) mass is 957 g/mol. The number of hydrogen-bond acceptors (Lipinski definition) is 2. The van der Waals surface area contributed by atoms with E-state index < -0.39 is 0 Å². The van der Waals surface area contributed by atoms with Crippen LogP contribution in [-0.4, -0.2) is 4.57 Å². The van der Waals surface area contributed by atoms with E-state index in [1.165, 1.54) is 66.3 Å². The van der Waals surface area contributed by atoms with Gasteiger partial charge in [0, 0.05) is 56.1 Å². The highest BCUT2D eigenvalue weighted by Gasteiger charge is 2.24. The molecule has 12 aromatic carbocycles. The number of aromatic nitrogens is 1. The van der Waals surface area contributed by atoms with E-state index in [-0.39, 0.29) is 0 Å². The van der Waals surface area contributed by atoms with Gasteiger partial charge in [-0.25, -0.2) is 0 Å². The van der Waals surface area contributed by atoms with Gasteiger partial charge < -0.3 is 14.4 Å². The molecule has 354 valence electrons. The largest absolute Gasteiger partial charge is 0.311 e. The lowest BCUT2D eigenvalue weighted by atomic mass is 9.94. The van der Waals surface area contributed by atoms with Gasteiger partial charge >= 0.3 is 0 Å². The molecule has 3 heteroatoms. The quantitative estimate of drug-likeness (QED) is 0.121. The lowest BCUT2D eigenvalue weighted by Gasteiger charge is -2.28.